The molecule has 1 aromatic rings. The molecule has 3 rings (SSSR count). The second-order valence-electron chi connectivity index (χ2n) is 6.97. The van der Waals surface area contributed by atoms with Crippen molar-refractivity contribution in [3.8, 4) is 0 Å². The summed E-state index contributed by atoms with van der Waals surface area (Å²) in [5, 5.41) is 20.6. The number of nitrogens with zero attached hydrogens (tertiary/aromatic N) is 1. The van der Waals surface area contributed by atoms with Crippen molar-refractivity contribution in [3.63, 3.8) is 0 Å². The van der Waals surface area contributed by atoms with E-state index >= 15 is 0 Å². The molecule has 2 atom stereocenters. The molecule has 0 aromatic heterocycles. The van der Waals surface area contributed by atoms with Crippen LogP contribution in [0.5, 0.6) is 0 Å². The van der Waals surface area contributed by atoms with Crippen LogP contribution in [-0.2, 0) is 4.79 Å². The molecule has 23 heavy (non-hydrogen) atoms. The summed E-state index contributed by atoms with van der Waals surface area (Å²) < 4.78 is 13.5. The number of benzene rings is 1. The van der Waals surface area contributed by atoms with Crippen molar-refractivity contribution >= 4 is 5.91 Å². The monoisotopic (exact) mass is 321 g/mol. The van der Waals surface area contributed by atoms with E-state index in [9.17, 15) is 19.4 Å². The molecule has 0 radical (unpaired) electrons. The summed E-state index contributed by atoms with van der Waals surface area (Å²) in [5.41, 5.74) is -0.222. The molecule has 4 nitrogen and oxygen atoms in total. The van der Waals surface area contributed by atoms with E-state index < -0.39 is 11.7 Å². The molecule has 0 spiro atoms. The molecule has 1 saturated heterocycles. The largest absolute Gasteiger partial charge is 0.391 e. The highest BCUT2D eigenvalue weighted by Gasteiger charge is 2.39. The van der Waals surface area contributed by atoms with E-state index in [1.807, 2.05) is 0 Å². The van der Waals surface area contributed by atoms with Gasteiger partial charge in [0.1, 0.15) is 5.82 Å². The van der Waals surface area contributed by atoms with Crippen LogP contribution in [0.4, 0.5) is 4.39 Å². The van der Waals surface area contributed by atoms with Crippen LogP contribution < -0.4 is 0 Å². The van der Waals surface area contributed by atoms with Gasteiger partial charge < -0.3 is 15.1 Å². The van der Waals surface area contributed by atoms with E-state index in [1.165, 1.54) is 12.1 Å². The lowest BCUT2D eigenvalue weighted by Gasteiger charge is -2.34. The minimum Gasteiger partial charge on any atom is -0.391 e. The lowest BCUT2D eigenvalue weighted by molar-refractivity contribution is -0.139. The number of likely N-dealkylation sites (tertiary alicyclic amines) is 1. The fourth-order valence-corrected chi connectivity index (χ4v) is 3.89. The Bertz CT molecular complexity index is 571. The molecule has 1 aliphatic heterocycles. The number of β-amino-alcohol motifs (C(OH)–C–C–N with tert-alkyl or cyclic N) is 1. The fourth-order valence-electron chi connectivity index (χ4n) is 3.89. The summed E-state index contributed by atoms with van der Waals surface area (Å²) in [5.74, 6) is -0.498. The highest BCUT2D eigenvalue weighted by molar-refractivity contribution is 5.78. The molecule has 2 N–H and O–H groups in total. The lowest BCUT2D eigenvalue weighted by atomic mass is 9.82. The molecule has 126 valence electrons. The van der Waals surface area contributed by atoms with Crippen molar-refractivity contribution in [3.05, 3.63) is 35.6 Å². The zero-order valence-corrected chi connectivity index (χ0v) is 13.2. The number of carbonyl (C=O) groups is 1. The summed E-state index contributed by atoms with van der Waals surface area (Å²) >= 11 is 0. The first-order valence-corrected chi connectivity index (χ1v) is 8.42. The Morgan fingerprint density at radius 1 is 1.30 bits per heavy atom. The Morgan fingerprint density at radius 2 is 2.04 bits per heavy atom. The number of aliphatic hydroxyl groups excluding tert-OH is 1. The Hall–Kier alpha value is -1.46. The van der Waals surface area contributed by atoms with Gasteiger partial charge >= 0.3 is 0 Å². The Kier molecular flexibility index (Phi) is 4.69. The SMILES string of the molecule is O=C(CC1(O)CCCCC1)N1C[C@H](O)C[C@@H]1c1cccc(F)c1. The summed E-state index contributed by atoms with van der Waals surface area (Å²) in [7, 11) is 0. The molecule has 1 aromatic carbocycles. The molecule has 2 aliphatic rings. The number of amides is 1. The first kappa shape index (κ1) is 16.4. The maximum atomic E-state index is 13.5. The van der Waals surface area contributed by atoms with Crippen LogP contribution in [0.25, 0.3) is 0 Å². The lowest BCUT2D eigenvalue weighted by Crippen LogP contribution is -2.40. The summed E-state index contributed by atoms with van der Waals surface area (Å²) in [6.07, 6.45) is 4.19. The summed E-state index contributed by atoms with van der Waals surface area (Å²) in [6.45, 7) is 0.246. The Balaban J connectivity index is 1.75. The van der Waals surface area contributed by atoms with Gasteiger partial charge in [-0.2, -0.15) is 0 Å². The molecule has 1 amide bonds. The van der Waals surface area contributed by atoms with E-state index in [0.717, 1.165) is 19.3 Å². The number of hydrogen-bond donors (Lipinski definition) is 2. The van der Waals surface area contributed by atoms with Crippen LogP contribution in [0.1, 0.15) is 56.6 Å². The number of aliphatic hydroxyl groups is 2. The predicted molar refractivity (Wildman–Crippen MR) is 84.1 cm³/mol. The van der Waals surface area contributed by atoms with Crippen LogP contribution >= 0.6 is 0 Å². The molecule has 0 bridgehead atoms. The van der Waals surface area contributed by atoms with Gasteiger partial charge in [-0.05, 0) is 37.0 Å². The van der Waals surface area contributed by atoms with Gasteiger partial charge in [-0.1, -0.05) is 31.4 Å². The molecule has 1 saturated carbocycles. The van der Waals surface area contributed by atoms with E-state index in [-0.39, 0.29) is 30.7 Å². The number of rotatable bonds is 3. The minimum absolute atomic E-state index is 0.0888. The quantitative estimate of drug-likeness (QED) is 0.899. The fraction of sp³-hybridized carbons (Fsp3) is 0.611. The first-order chi connectivity index (χ1) is 11.0. The normalized spacial score (nSPS) is 27.2. The second kappa shape index (κ2) is 6.57. The smallest absolute Gasteiger partial charge is 0.226 e. The van der Waals surface area contributed by atoms with Crippen LogP contribution in [0, 0.1) is 5.82 Å². The third-order valence-corrected chi connectivity index (χ3v) is 5.10. The molecule has 2 fully saturated rings. The topological polar surface area (TPSA) is 60.8 Å². The van der Waals surface area contributed by atoms with Crippen molar-refractivity contribution < 1.29 is 19.4 Å². The van der Waals surface area contributed by atoms with Gasteiger partial charge in [-0.25, -0.2) is 4.39 Å². The van der Waals surface area contributed by atoms with Gasteiger partial charge in [-0.3, -0.25) is 4.79 Å². The average Bonchev–Trinajstić information content (AvgIpc) is 2.90. The van der Waals surface area contributed by atoms with Gasteiger partial charge in [0.15, 0.2) is 0 Å². The van der Waals surface area contributed by atoms with Gasteiger partial charge in [0.05, 0.1) is 24.2 Å². The molecule has 1 aliphatic carbocycles. The Labute approximate surface area is 135 Å². The number of halogens is 1. The van der Waals surface area contributed by atoms with Crippen molar-refractivity contribution in [2.24, 2.45) is 0 Å². The van der Waals surface area contributed by atoms with Crippen LogP contribution in [0.2, 0.25) is 0 Å². The number of hydrogen-bond acceptors (Lipinski definition) is 3. The van der Waals surface area contributed by atoms with Crippen molar-refractivity contribution in [1.29, 1.82) is 0 Å². The van der Waals surface area contributed by atoms with Crippen LogP contribution in [0.3, 0.4) is 0 Å². The van der Waals surface area contributed by atoms with Crippen molar-refractivity contribution in [2.75, 3.05) is 6.54 Å². The van der Waals surface area contributed by atoms with E-state index in [0.29, 0.717) is 24.8 Å². The first-order valence-electron chi connectivity index (χ1n) is 8.42. The van der Waals surface area contributed by atoms with Crippen molar-refractivity contribution in [1.82, 2.24) is 4.90 Å². The highest BCUT2D eigenvalue weighted by atomic mass is 19.1. The van der Waals surface area contributed by atoms with E-state index in [1.54, 1.807) is 17.0 Å². The van der Waals surface area contributed by atoms with Gasteiger partial charge in [0, 0.05) is 6.54 Å². The van der Waals surface area contributed by atoms with Gasteiger partial charge in [-0.15, -0.1) is 0 Å². The molecular weight excluding hydrogens is 297 g/mol. The average molecular weight is 321 g/mol. The number of carbonyl (C=O) groups excluding carboxylic acids is 1. The maximum Gasteiger partial charge on any atom is 0.226 e. The molecule has 5 heteroatoms. The highest BCUT2D eigenvalue weighted by Crippen LogP contribution is 2.36. The van der Waals surface area contributed by atoms with E-state index in [4.69, 9.17) is 0 Å². The predicted octanol–water partition coefficient (Wildman–Crippen LogP) is 2.55. The minimum atomic E-state index is -0.921. The summed E-state index contributed by atoms with van der Waals surface area (Å²) in [6, 6.07) is 5.86. The third kappa shape index (κ3) is 3.72. The zero-order chi connectivity index (χ0) is 16.4. The van der Waals surface area contributed by atoms with Crippen LogP contribution in [0.15, 0.2) is 24.3 Å². The van der Waals surface area contributed by atoms with Crippen LogP contribution in [-0.4, -0.2) is 39.3 Å². The second-order valence-corrected chi connectivity index (χ2v) is 6.97. The standard InChI is InChI=1S/C18H24FNO3/c19-14-6-4-5-13(9-14)16-10-15(21)12-20(16)17(22)11-18(23)7-2-1-3-8-18/h4-6,9,15-16,21,23H,1-3,7-8,10-12H2/t15-,16-/m1/s1. The van der Waals surface area contributed by atoms with E-state index in [2.05, 4.69) is 0 Å². The maximum absolute atomic E-state index is 13.5. The van der Waals surface area contributed by atoms with Crippen molar-refractivity contribution in [2.45, 2.75) is 62.7 Å². The Morgan fingerprint density at radius 3 is 2.74 bits per heavy atom. The molecule has 0 unspecified atom stereocenters. The van der Waals surface area contributed by atoms with Gasteiger partial charge in [0.2, 0.25) is 5.91 Å². The summed E-state index contributed by atoms with van der Waals surface area (Å²) in [4.78, 5) is 14.3. The van der Waals surface area contributed by atoms with Gasteiger partial charge in [0.25, 0.3) is 0 Å². The zero-order valence-electron chi connectivity index (χ0n) is 13.2. The third-order valence-electron chi connectivity index (χ3n) is 5.10. The molecular formula is C18H24FNO3. The molecule has 1 heterocycles.